The van der Waals surface area contributed by atoms with Crippen LogP contribution in [0.2, 0.25) is 0 Å². The van der Waals surface area contributed by atoms with Gasteiger partial charge < -0.3 is 5.32 Å². The zero-order chi connectivity index (χ0) is 15.4. The SMILES string of the molecule is CCNC(Cc1ccccc1Br)c1cc(F)c(F)c(F)c1. The fourth-order valence-electron chi connectivity index (χ4n) is 2.21. The summed E-state index contributed by atoms with van der Waals surface area (Å²) in [5.41, 5.74) is 1.40. The van der Waals surface area contributed by atoms with Gasteiger partial charge in [-0.1, -0.05) is 41.1 Å². The highest BCUT2D eigenvalue weighted by molar-refractivity contribution is 9.10. The van der Waals surface area contributed by atoms with Crippen LogP contribution in [0.5, 0.6) is 0 Å². The van der Waals surface area contributed by atoms with E-state index in [0.29, 0.717) is 18.5 Å². The molecular weight excluding hydrogens is 343 g/mol. The molecular formula is C16H15BrF3N. The zero-order valence-electron chi connectivity index (χ0n) is 11.5. The molecule has 1 unspecified atom stereocenters. The summed E-state index contributed by atoms with van der Waals surface area (Å²) in [6.07, 6.45) is 0.541. The molecule has 0 fully saturated rings. The average Bonchev–Trinajstić information content (AvgIpc) is 2.46. The molecule has 0 aromatic heterocycles. The molecule has 1 N–H and O–H groups in total. The summed E-state index contributed by atoms with van der Waals surface area (Å²) in [5.74, 6) is -3.77. The first-order valence-electron chi connectivity index (χ1n) is 6.64. The maximum atomic E-state index is 13.4. The van der Waals surface area contributed by atoms with Gasteiger partial charge in [0.25, 0.3) is 0 Å². The highest BCUT2D eigenvalue weighted by Gasteiger charge is 2.18. The van der Waals surface area contributed by atoms with Gasteiger partial charge in [0.1, 0.15) is 0 Å². The molecule has 0 spiro atoms. The fourth-order valence-corrected chi connectivity index (χ4v) is 2.66. The summed E-state index contributed by atoms with van der Waals surface area (Å²) < 4.78 is 40.8. The molecule has 2 aromatic rings. The molecule has 2 rings (SSSR count). The van der Waals surface area contributed by atoms with Crippen molar-refractivity contribution in [2.45, 2.75) is 19.4 Å². The topological polar surface area (TPSA) is 12.0 Å². The van der Waals surface area contributed by atoms with Crippen LogP contribution in [0, 0.1) is 17.5 Å². The van der Waals surface area contributed by atoms with E-state index < -0.39 is 17.5 Å². The van der Waals surface area contributed by atoms with Gasteiger partial charge in [-0.25, -0.2) is 13.2 Å². The van der Waals surface area contributed by atoms with Crippen molar-refractivity contribution >= 4 is 15.9 Å². The molecule has 1 atom stereocenters. The maximum Gasteiger partial charge on any atom is 0.194 e. The summed E-state index contributed by atoms with van der Waals surface area (Å²) in [5, 5.41) is 3.17. The van der Waals surface area contributed by atoms with Gasteiger partial charge in [0.05, 0.1) is 0 Å². The Hall–Kier alpha value is -1.33. The Kier molecular flexibility index (Phi) is 5.42. The number of benzene rings is 2. The third kappa shape index (κ3) is 3.86. The van der Waals surface area contributed by atoms with Crippen LogP contribution in [0.25, 0.3) is 0 Å². The van der Waals surface area contributed by atoms with E-state index in [0.717, 1.165) is 22.2 Å². The molecule has 0 saturated carbocycles. The first kappa shape index (κ1) is 16.0. The Morgan fingerprint density at radius 2 is 1.71 bits per heavy atom. The van der Waals surface area contributed by atoms with E-state index >= 15 is 0 Å². The minimum Gasteiger partial charge on any atom is -0.310 e. The van der Waals surface area contributed by atoms with Crippen molar-refractivity contribution in [3.63, 3.8) is 0 Å². The lowest BCUT2D eigenvalue weighted by Gasteiger charge is -2.19. The number of likely N-dealkylation sites (N-methyl/N-ethyl adjacent to an activating group) is 1. The van der Waals surface area contributed by atoms with E-state index in [-0.39, 0.29) is 6.04 Å². The highest BCUT2D eigenvalue weighted by Crippen LogP contribution is 2.26. The monoisotopic (exact) mass is 357 g/mol. The third-order valence-corrected chi connectivity index (χ3v) is 4.01. The van der Waals surface area contributed by atoms with Gasteiger partial charge >= 0.3 is 0 Å². The Labute approximate surface area is 130 Å². The van der Waals surface area contributed by atoms with Crippen LogP contribution in [0.4, 0.5) is 13.2 Å². The summed E-state index contributed by atoms with van der Waals surface area (Å²) in [6, 6.07) is 9.43. The molecule has 1 nitrogen and oxygen atoms in total. The smallest absolute Gasteiger partial charge is 0.194 e. The lowest BCUT2D eigenvalue weighted by molar-refractivity contribution is 0.439. The lowest BCUT2D eigenvalue weighted by atomic mass is 9.98. The second-order valence-electron chi connectivity index (χ2n) is 4.70. The van der Waals surface area contributed by atoms with Crippen LogP contribution in [0.15, 0.2) is 40.9 Å². The summed E-state index contributed by atoms with van der Waals surface area (Å²) >= 11 is 3.45. The summed E-state index contributed by atoms with van der Waals surface area (Å²) in [6.45, 7) is 2.54. The molecule has 21 heavy (non-hydrogen) atoms. The van der Waals surface area contributed by atoms with Gasteiger partial charge in [0.15, 0.2) is 17.5 Å². The Bertz CT molecular complexity index is 608. The molecule has 0 saturated heterocycles. The van der Waals surface area contributed by atoms with Crippen LogP contribution in [0.3, 0.4) is 0 Å². The lowest BCUT2D eigenvalue weighted by Crippen LogP contribution is -2.23. The number of halogens is 4. The van der Waals surface area contributed by atoms with Crippen molar-refractivity contribution < 1.29 is 13.2 Å². The van der Waals surface area contributed by atoms with Crippen LogP contribution >= 0.6 is 15.9 Å². The van der Waals surface area contributed by atoms with Crippen LogP contribution in [-0.2, 0) is 6.42 Å². The molecule has 0 heterocycles. The van der Waals surface area contributed by atoms with Crippen molar-refractivity contribution in [3.8, 4) is 0 Å². The second-order valence-corrected chi connectivity index (χ2v) is 5.56. The fraction of sp³-hybridized carbons (Fsp3) is 0.250. The standard InChI is InChI=1S/C16H15BrF3N/c1-2-21-15(9-10-5-3-4-6-12(10)17)11-7-13(18)16(20)14(19)8-11/h3-8,15,21H,2,9H2,1H3. The van der Waals surface area contributed by atoms with Crippen molar-refractivity contribution in [3.05, 3.63) is 69.4 Å². The predicted molar refractivity (Wildman–Crippen MR) is 80.6 cm³/mol. The number of rotatable bonds is 5. The van der Waals surface area contributed by atoms with E-state index in [2.05, 4.69) is 21.2 Å². The molecule has 0 bridgehead atoms. The largest absolute Gasteiger partial charge is 0.310 e. The van der Waals surface area contributed by atoms with Gasteiger partial charge in [-0.3, -0.25) is 0 Å². The van der Waals surface area contributed by atoms with E-state index in [1.165, 1.54) is 0 Å². The molecule has 0 aliphatic rings. The van der Waals surface area contributed by atoms with Crippen molar-refractivity contribution in [1.29, 1.82) is 0 Å². The quantitative estimate of drug-likeness (QED) is 0.760. The van der Waals surface area contributed by atoms with Gasteiger partial charge in [0, 0.05) is 10.5 Å². The Balaban J connectivity index is 2.33. The van der Waals surface area contributed by atoms with Gasteiger partial charge in [-0.2, -0.15) is 0 Å². The first-order valence-corrected chi connectivity index (χ1v) is 7.43. The normalized spacial score (nSPS) is 12.4. The van der Waals surface area contributed by atoms with Gasteiger partial charge in [0.2, 0.25) is 0 Å². The van der Waals surface area contributed by atoms with E-state index in [1.54, 1.807) is 0 Å². The number of nitrogens with one attached hydrogen (secondary N) is 1. The van der Waals surface area contributed by atoms with Crippen molar-refractivity contribution in [1.82, 2.24) is 5.32 Å². The van der Waals surface area contributed by atoms with Gasteiger partial charge in [-0.05, 0) is 42.3 Å². The Morgan fingerprint density at radius 1 is 1.10 bits per heavy atom. The van der Waals surface area contributed by atoms with E-state index in [9.17, 15) is 13.2 Å². The molecule has 0 aliphatic carbocycles. The molecule has 112 valence electrons. The minimum absolute atomic E-state index is 0.293. The van der Waals surface area contributed by atoms with E-state index in [4.69, 9.17) is 0 Å². The second kappa shape index (κ2) is 7.09. The summed E-state index contributed by atoms with van der Waals surface area (Å²) in [4.78, 5) is 0. The van der Waals surface area contributed by atoms with Crippen LogP contribution in [0.1, 0.15) is 24.1 Å². The maximum absolute atomic E-state index is 13.4. The highest BCUT2D eigenvalue weighted by atomic mass is 79.9. The van der Waals surface area contributed by atoms with Crippen molar-refractivity contribution in [2.24, 2.45) is 0 Å². The Morgan fingerprint density at radius 3 is 2.29 bits per heavy atom. The minimum atomic E-state index is -1.44. The van der Waals surface area contributed by atoms with Gasteiger partial charge in [-0.15, -0.1) is 0 Å². The third-order valence-electron chi connectivity index (χ3n) is 3.24. The number of hydrogen-bond acceptors (Lipinski definition) is 1. The molecule has 0 amide bonds. The first-order chi connectivity index (χ1) is 10.0. The van der Waals surface area contributed by atoms with Crippen molar-refractivity contribution in [2.75, 3.05) is 6.54 Å². The van der Waals surface area contributed by atoms with Crippen LogP contribution < -0.4 is 5.32 Å². The molecule has 0 aliphatic heterocycles. The molecule has 0 radical (unpaired) electrons. The zero-order valence-corrected chi connectivity index (χ0v) is 13.1. The molecule has 2 aromatic carbocycles. The summed E-state index contributed by atoms with van der Waals surface area (Å²) in [7, 11) is 0. The average molecular weight is 358 g/mol. The number of hydrogen-bond donors (Lipinski definition) is 1. The molecule has 5 heteroatoms. The van der Waals surface area contributed by atoms with Crippen LogP contribution in [-0.4, -0.2) is 6.54 Å². The van der Waals surface area contributed by atoms with E-state index in [1.807, 2.05) is 31.2 Å². The predicted octanol–water partition coefficient (Wildman–Crippen LogP) is 4.76.